The third kappa shape index (κ3) is 3.72. The molecule has 3 heteroatoms. The van der Waals surface area contributed by atoms with E-state index in [-0.39, 0.29) is 0 Å². The molecule has 18 heavy (non-hydrogen) atoms. The van der Waals surface area contributed by atoms with Crippen molar-refractivity contribution in [2.75, 3.05) is 26.7 Å². The van der Waals surface area contributed by atoms with E-state index in [1.807, 2.05) is 0 Å². The Balaban J connectivity index is 1.83. The molecule has 1 aliphatic heterocycles. The molecule has 0 aliphatic carbocycles. The van der Waals surface area contributed by atoms with Crippen molar-refractivity contribution in [3.8, 4) is 5.75 Å². The number of piperidine rings is 1. The predicted molar refractivity (Wildman–Crippen MR) is 75.0 cm³/mol. The Hall–Kier alpha value is -1.06. The molecule has 2 N–H and O–H groups in total. The van der Waals surface area contributed by atoms with E-state index in [2.05, 4.69) is 35.8 Å². The minimum absolute atomic E-state index is 0.773. The topological polar surface area (TPSA) is 33.3 Å². The molecule has 0 spiro atoms. The number of rotatable bonds is 5. The van der Waals surface area contributed by atoms with E-state index in [4.69, 9.17) is 4.74 Å². The highest BCUT2D eigenvalue weighted by Crippen LogP contribution is 2.19. The maximum absolute atomic E-state index is 5.39. The highest BCUT2D eigenvalue weighted by atomic mass is 16.5. The van der Waals surface area contributed by atoms with Crippen LogP contribution in [0.5, 0.6) is 5.75 Å². The van der Waals surface area contributed by atoms with Crippen LogP contribution >= 0.6 is 0 Å². The number of hydrogen-bond acceptors (Lipinski definition) is 3. The highest BCUT2D eigenvalue weighted by Gasteiger charge is 2.12. The lowest BCUT2D eigenvalue weighted by atomic mass is 9.99. The van der Waals surface area contributed by atoms with Crippen LogP contribution in [0.3, 0.4) is 0 Å². The maximum Gasteiger partial charge on any atom is 0.123 e. The molecule has 2 rings (SSSR count). The first-order valence-electron chi connectivity index (χ1n) is 6.84. The van der Waals surface area contributed by atoms with E-state index < -0.39 is 0 Å². The first-order chi connectivity index (χ1) is 8.79. The van der Waals surface area contributed by atoms with Crippen LogP contribution in [0.1, 0.15) is 24.0 Å². The molecule has 3 nitrogen and oxygen atoms in total. The lowest BCUT2D eigenvalue weighted by molar-refractivity contribution is 0.357. The van der Waals surface area contributed by atoms with Gasteiger partial charge in [-0.15, -0.1) is 0 Å². The Labute approximate surface area is 110 Å². The average Bonchev–Trinajstić information content (AvgIpc) is 2.40. The van der Waals surface area contributed by atoms with E-state index in [1.165, 1.54) is 30.5 Å². The van der Waals surface area contributed by atoms with E-state index in [0.717, 1.165) is 31.3 Å². The average molecular weight is 248 g/mol. The molecule has 1 aromatic rings. The van der Waals surface area contributed by atoms with E-state index in [9.17, 15) is 0 Å². The zero-order chi connectivity index (χ0) is 12.8. The highest BCUT2D eigenvalue weighted by molar-refractivity contribution is 5.36. The van der Waals surface area contributed by atoms with Crippen molar-refractivity contribution in [1.29, 1.82) is 0 Å². The Morgan fingerprint density at radius 2 is 2.33 bits per heavy atom. The molecule has 1 saturated heterocycles. The smallest absolute Gasteiger partial charge is 0.123 e. The van der Waals surface area contributed by atoms with Crippen LogP contribution in [-0.2, 0) is 6.54 Å². The molecule has 0 amide bonds. The van der Waals surface area contributed by atoms with Gasteiger partial charge in [0.25, 0.3) is 0 Å². The number of benzene rings is 1. The fraction of sp³-hybridized carbons (Fsp3) is 0.600. The summed E-state index contributed by atoms with van der Waals surface area (Å²) in [5.41, 5.74) is 2.54. The number of aryl methyl sites for hydroxylation is 1. The van der Waals surface area contributed by atoms with Crippen LogP contribution in [0, 0.1) is 12.8 Å². The molecule has 1 aromatic carbocycles. The molecular weight excluding hydrogens is 224 g/mol. The lowest BCUT2D eigenvalue weighted by Gasteiger charge is -2.23. The minimum Gasteiger partial charge on any atom is -0.496 e. The molecule has 0 radical (unpaired) electrons. The van der Waals surface area contributed by atoms with E-state index >= 15 is 0 Å². The van der Waals surface area contributed by atoms with Gasteiger partial charge >= 0.3 is 0 Å². The molecule has 0 bridgehead atoms. The van der Waals surface area contributed by atoms with Crippen LogP contribution in [0.2, 0.25) is 0 Å². The van der Waals surface area contributed by atoms with Crippen LogP contribution in [0.25, 0.3) is 0 Å². The van der Waals surface area contributed by atoms with Gasteiger partial charge in [-0.1, -0.05) is 17.7 Å². The number of hydrogen-bond donors (Lipinski definition) is 2. The van der Waals surface area contributed by atoms with Crippen molar-refractivity contribution >= 4 is 0 Å². The summed E-state index contributed by atoms with van der Waals surface area (Å²) in [6.45, 7) is 6.43. The maximum atomic E-state index is 5.39. The van der Waals surface area contributed by atoms with Gasteiger partial charge < -0.3 is 15.4 Å². The van der Waals surface area contributed by atoms with Gasteiger partial charge in [-0.05, 0) is 51.4 Å². The van der Waals surface area contributed by atoms with Gasteiger partial charge in [0.1, 0.15) is 5.75 Å². The van der Waals surface area contributed by atoms with E-state index in [1.54, 1.807) is 7.11 Å². The fourth-order valence-corrected chi connectivity index (χ4v) is 2.55. The van der Waals surface area contributed by atoms with Gasteiger partial charge in [0, 0.05) is 12.1 Å². The monoisotopic (exact) mass is 248 g/mol. The zero-order valence-corrected chi connectivity index (χ0v) is 11.5. The van der Waals surface area contributed by atoms with Gasteiger partial charge in [-0.2, -0.15) is 0 Å². The second kappa shape index (κ2) is 6.76. The van der Waals surface area contributed by atoms with Crippen molar-refractivity contribution in [3.63, 3.8) is 0 Å². The van der Waals surface area contributed by atoms with Crippen molar-refractivity contribution in [2.24, 2.45) is 5.92 Å². The summed E-state index contributed by atoms with van der Waals surface area (Å²) in [7, 11) is 1.74. The Kier molecular flexibility index (Phi) is 5.02. The fourth-order valence-electron chi connectivity index (χ4n) is 2.55. The summed E-state index contributed by atoms with van der Waals surface area (Å²) in [5, 5.41) is 7.00. The van der Waals surface area contributed by atoms with Crippen LogP contribution in [0.4, 0.5) is 0 Å². The van der Waals surface area contributed by atoms with E-state index in [0.29, 0.717) is 0 Å². The van der Waals surface area contributed by atoms with Crippen LogP contribution < -0.4 is 15.4 Å². The Morgan fingerprint density at radius 3 is 3.06 bits per heavy atom. The Morgan fingerprint density at radius 1 is 1.44 bits per heavy atom. The summed E-state index contributed by atoms with van der Waals surface area (Å²) in [5.74, 6) is 1.75. The van der Waals surface area contributed by atoms with Crippen LogP contribution in [-0.4, -0.2) is 26.7 Å². The number of methoxy groups -OCH3 is 1. The van der Waals surface area contributed by atoms with Gasteiger partial charge in [0.2, 0.25) is 0 Å². The van der Waals surface area contributed by atoms with Crippen molar-refractivity contribution in [2.45, 2.75) is 26.3 Å². The summed E-state index contributed by atoms with van der Waals surface area (Å²) in [6.07, 6.45) is 2.64. The van der Waals surface area contributed by atoms with Gasteiger partial charge in [-0.3, -0.25) is 0 Å². The second-order valence-electron chi connectivity index (χ2n) is 5.16. The number of ether oxygens (including phenoxy) is 1. The zero-order valence-electron chi connectivity index (χ0n) is 11.5. The molecule has 1 atom stereocenters. The first-order valence-corrected chi connectivity index (χ1v) is 6.84. The Bertz CT molecular complexity index is 373. The molecule has 1 unspecified atom stereocenters. The largest absolute Gasteiger partial charge is 0.496 e. The van der Waals surface area contributed by atoms with Gasteiger partial charge in [0.15, 0.2) is 0 Å². The van der Waals surface area contributed by atoms with Gasteiger partial charge in [0.05, 0.1) is 7.11 Å². The molecule has 1 heterocycles. The number of nitrogens with one attached hydrogen (secondary N) is 2. The molecule has 100 valence electrons. The van der Waals surface area contributed by atoms with Crippen molar-refractivity contribution < 1.29 is 4.74 Å². The summed E-state index contributed by atoms with van der Waals surface area (Å²) < 4.78 is 5.39. The molecule has 1 fully saturated rings. The first kappa shape index (κ1) is 13.4. The quantitative estimate of drug-likeness (QED) is 0.837. The standard InChI is InChI=1S/C15H24N2O/c1-12-5-6-15(18-2)14(8-12)11-17-10-13-4-3-7-16-9-13/h5-6,8,13,16-17H,3-4,7,9-11H2,1-2H3. The lowest BCUT2D eigenvalue weighted by Crippen LogP contribution is -2.35. The SMILES string of the molecule is COc1ccc(C)cc1CNCC1CCCNC1. The molecular formula is C15H24N2O. The predicted octanol–water partition coefficient (Wildman–Crippen LogP) is 2.09. The second-order valence-corrected chi connectivity index (χ2v) is 5.16. The van der Waals surface area contributed by atoms with Gasteiger partial charge in [-0.25, -0.2) is 0 Å². The summed E-state index contributed by atoms with van der Waals surface area (Å²) in [6, 6.07) is 6.34. The third-order valence-electron chi connectivity index (χ3n) is 3.58. The minimum atomic E-state index is 0.773. The molecule has 1 aliphatic rings. The summed E-state index contributed by atoms with van der Waals surface area (Å²) in [4.78, 5) is 0. The van der Waals surface area contributed by atoms with Crippen molar-refractivity contribution in [1.82, 2.24) is 10.6 Å². The van der Waals surface area contributed by atoms with Crippen molar-refractivity contribution in [3.05, 3.63) is 29.3 Å². The molecule has 0 aromatic heterocycles. The normalized spacial score (nSPS) is 19.8. The summed E-state index contributed by atoms with van der Waals surface area (Å²) >= 11 is 0. The molecule has 0 saturated carbocycles. The third-order valence-corrected chi connectivity index (χ3v) is 3.58. The van der Waals surface area contributed by atoms with Crippen LogP contribution in [0.15, 0.2) is 18.2 Å².